The maximum atomic E-state index is 11.9. The van der Waals surface area contributed by atoms with E-state index in [2.05, 4.69) is 15.3 Å². The maximum absolute atomic E-state index is 11.9. The van der Waals surface area contributed by atoms with Gasteiger partial charge in [-0.3, -0.25) is 4.79 Å². The lowest BCUT2D eigenvalue weighted by Gasteiger charge is -2.10. The van der Waals surface area contributed by atoms with Crippen LogP contribution in [0.5, 0.6) is 0 Å². The van der Waals surface area contributed by atoms with Crippen LogP contribution in [0.15, 0.2) is 34.4 Å². The standard InChI is InChI=1S/C14H12ClN3OS/c1-8-9(15)3-2-4-10(8)16-7-12-17-11-5-6-20-13(11)14(19)18-12/h2-6,16H,7H2,1H3,(H,17,18,19). The summed E-state index contributed by atoms with van der Waals surface area (Å²) in [7, 11) is 0. The molecule has 2 aromatic heterocycles. The highest BCUT2D eigenvalue weighted by Crippen LogP contribution is 2.23. The Balaban J connectivity index is 1.86. The third-order valence-corrected chi connectivity index (χ3v) is 4.39. The quantitative estimate of drug-likeness (QED) is 0.778. The van der Waals surface area contributed by atoms with E-state index in [0.29, 0.717) is 22.1 Å². The van der Waals surface area contributed by atoms with Gasteiger partial charge in [0, 0.05) is 10.7 Å². The van der Waals surface area contributed by atoms with Gasteiger partial charge in [0.2, 0.25) is 0 Å². The van der Waals surface area contributed by atoms with Crippen LogP contribution in [-0.2, 0) is 6.54 Å². The van der Waals surface area contributed by atoms with Gasteiger partial charge in [-0.1, -0.05) is 17.7 Å². The molecule has 0 fully saturated rings. The van der Waals surface area contributed by atoms with Crippen LogP contribution >= 0.6 is 22.9 Å². The molecule has 0 aliphatic heterocycles. The van der Waals surface area contributed by atoms with Gasteiger partial charge in [-0.25, -0.2) is 4.98 Å². The van der Waals surface area contributed by atoms with Crippen LogP contribution in [0.1, 0.15) is 11.4 Å². The van der Waals surface area contributed by atoms with E-state index in [1.54, 1.807) is 0 Å². The van der Waals surface area contributed by atoms with Crippen molar-refractivity contribution in [3.63, 3.8) is 0 Å². The molecule has 0 aliphatic carbocycles. The van der Waals surface area contributed by atoms with Crippen LogP contribution in [-0.4, -0.2) is 9.97 Å². The van der Waals surface area contributed by atoms with Gasteiger partial charge in [-0.05, 0) is 36.1 Å². The number of nitrogens with one attached hydrogen (secondary N) is 2. The molecule has 0 radical (unpaired) electrons. The summed E-state index contributed by atoms with van der Waals surface area (Å²) in [4.78, 5) is 19.1. The van der Waals surface area contributed by atoms with Gasteiger partial charge in [-0.15, -0.1) is 11.3 Å². The lowest BCUT2D eigenvalue weighted by Crippen LogP contribution is -2.13. The zero-order valence-electron chi connectivity index (χ0n) is 10.7. The van der Waals surface area contributed by atoms with E-state index in [1.807, 2.05) is 36.6 Å². The van der Waals surface area contributed by atoms with Crippen molar-refractivity contribution in [3.8, 4) is 0 Å². The SMILES string of the molecule is Cc1c(Cl)cccc1NCc1nc2ccsc2c(=O)[nH]1. The van der Waals surface area contributed by atoms with E-state index in [1.165, 1.54) is 11.3 Å². The number of fused-ring (bicyclic) bond motifs is 1. The van der Waals surface area contributed by atoms with E-state index in [-0.39, 0.29) is 5.56 Å². The van der Waals surface area contributed by atoms with Gasteiger partial charge in [0.15, 0.2) is 0 Å². The van der Waals surface area contributed by atoms with E-state index < -0.39 is 0 Å². The monoisotopic (exact) mass is 305 g/mol. The molecule has 3 aromatic rings. The van der Waals surface area contributed by atoms with Crippen molar-refractivity contribution >= 4 is 38.8 Å². The summed E-state index contributed by atoms with van der Waals surface area (Å²) in [6.45, 7) is 2.39. The van der Waals surface area contributed by atoms with Crippen LogP contribution in [0.4, 0.5) is 5.69 Å². The number of H-pyrrole nitrogens is 1. The van der Waals surface area contributed by atoms with Crippen LogP contribution in [0.3, 0.4) is 0 Å². The lowest BCUT2D eigenvalue weighted by atomic mass is 10.2. The highest BCUT2D eigenvalue weighted by Gasteiger charge is 2.06. The molecule has 0 saturated carbocycles. The Morgan fingerprint density at radius 1 is 1.40 bits per heavy atom. The summed E-state index contributed by atoms with van der Waals surface area (Å²) < 4.78 is 0.660. The first-order chi connectivity index (χ1) is 9.65. The maximum Gasteiger partial charge on any atom is 0.268 e. The summed E-state index contributed by atoms with van der Waals surface area (Å²) >= 11 is 7.47. The van der Waals surface area contributed by atoms with Crippen LogP contribution in [0.25, 0.3) is 10.2 Å². The minimum Gasteiger partial charge on any atom is -0.378 e. The minimum absolute atomic E-state index is 0.0929. The molecule has 0 aliphatic rings. The summed E-state index contributed by atoms with van der Waals surface area (Å²) in [6, 6.07) is 7.53. The second-order valence-corrected chi connectivity index (χ2v) is 5.74. The van der Waals surface area contributed by atoms with Gasteiger partial charge >= 0.3 is 0 Å². The van der Waals surface area contributed by atoms with E-state index in [9.17, 15) is 4.79 Å². The van der Waals surface area contributed by atoms with Crippen LogP contribution in [0.2, 0.25) is 5.02 Å². The topological polar surface area (TPSA) is 57.8 Å². The molecule has 102 valence electrons. The normalized spacial score (nSPS) is 10.9. The molecule has 3 rings (SSSR count). The summed E-state index contributed by atoms with van der Waals surface area (Å²) in [5, 5.41) is 5.82. The van der Waals surface area contributed by atoms with Crippen molar-refractivity contribution in [1.29, 1.82) is 0 Å². The smallest absolute Gasteiger partial charge is 0.268 e. The second-order valence-electron chi connectivity index (χ2n) is 4.41. The molecule has 2 N–H and O–H groups in total. The van der Waals surface area contributed by atoms with Gasteiger partial charge in [0.05, 0.1) is 12.1 Å². The fourth-order valence-electron chi connectivity index (χ4n) is 1.98. The number of nitrogens with zero attached hydrogens (tertiary/aromatic N) is 1. The Morgan fingerprint density at radius 3 is 3.10 bits per heavy atom. The molecule has 20 heavy (non-hydrogen) atoms. The molecule has 0 spiro atoms. The highest BCUT2D eigenvalue weighted by molar-refractivity contribution is 7.17. The largest absolute Gasteiger partial charge is 0.378 e. The Hall–Kier alpha value is -1.85. The number of hydrogen-bond acceptors (Lipinski definition) is 4. The zero-order valence-corrected chi connectivity index (χ0v) is 12.3. The number of thiophene rings is 1. The van der Waals surface area contributed by atoms with Crippen LogP contribution in [0, 0.1) is 6.92 Å². The number of rotatable bonds is 3. The highest BCUT2D eigenvalue weighted by atomic mass is 35.5. The van der Waals surface area contributed by atoms with E-state index in [0.717, 1.165) is 16.8 Å². The Bertz CT molecular complexity index is 825. The predicted octanol–water partition coefficient (Wildman–Crippen LogP) is 3.56. The van der Waals surface area contributed by atoms with Crippen molar-refractivity contribution in [2.24, 2.45) is 0 Å². The molecule has 2 heterocycles. The van der Waals surface area contributed by atoms with E-state index >= 15 is 0 Å². The molecule has 0 amide bonds. The van der Waals surface area contributed by atoms with E-state index in [4.69, 9.17) is 11.6 Å². The zero-order chi connectivity index (χ0) is 14.1. The number of anilines is 1. The molecule has 6 heteroatoms. The predicted molar refractivity (Wildman–Crippen MR) is 83.8 cm³/mol. The average Bonchev–Trinajstić information content (AvgIpc) is 2.89. The molecule has 0 unspecified atom stereocenters. The van der Waals surface area contributed by atoms with Gasteiger partial charge in [0.1, 0.15) is 10.5 Å². The number of hydrogen-bond donors (Lipinski definition) is 2. The lowest BCUT2D eigenvalue weighted by molar-refractivity contribution is 0.954. The average molecular weight is 306 g/mol. The molecule has 0 bridgehead atoms. The number of aromatic amines is 1. The van der Waals surface area contributed by atoms with Crippen molar-refractivity contribution in [2.75, 3.05) is 5.32 Å². The summed E-state index contributed by atoms with van der Waals surface area (Å²) in [5.41, 5.74) is 2.56. The summed E-state index contributed by atoms with van der Waals surface area (Å²) in [5.74, 6) is 0.611. The van der Waals surface area contributed by atoms with Gasteiger partial charge in [0.25, 0.3) is 5.56 Å². The Morgan fingerprint density at radius 2 is 2.25 bits per heavy atom. The molecular formula is C14H12ClN3OS. The minimum atomic E-state index is -0.0929. The summed E-state index contributed by atoms with van der Waals surface area (Å²) in [6.07, 6.45) is 0. The number of halogens is 1. The van der Waals surface area contributed by atoms with Crippen molar-refractivity contribution in [2.45, 2.75) is 13.5 Å². The van der Waals surface area contributed by atoms with Crippen molar-refractivity contribution < 1.29 is 0 Å². The first kappa shape index (κ1) is 13.1. The van der Waals surface area contributed by atoms with Crippen molar-refractivity contribution in [3.05, 3.63) is 56.4 Å². The molecule has 1 aromatic carbocycles. The Labute approximate surface area is 124 Å². The molecule has 4 nitrogen and oxygen atoms in total. The van der Waals surface area contributed by atoms with Gasteiger partial charge < -0.3 is 10.3 Å². The first-order valence-electron chi connectivity index (χ1n) is 6.10. The number of aromatic nitrogens is 2. The third-order valence-electron chi connectivity index (χ3n) is 3.08. The van der Waals surface area contributed by atoms with Gasteiger partial charge in [-0.2, -0.15) is 0 Å². The van der Waals surface area contributed by atoms with Crippen molar-refractivity contribution in [1.82, 2.24) is 9.97 Å². The Kier molecular flexibility index (Phi) is 3.46. The van der Waals surface area contributed by atoms with Crippen LogP contribution < -0.4 is 10.9 Å². The second kappa shape index (κ2) is 5.26. The number of benzene rings is 1. The third kappa shape index (κ3) is 2.42. The fourth-order valence-corrected chi connectivity index (χ4v) is 2.88. The first-order valence-corrected chi connectivity index (χ1v) is 7.36. The molecular weight excluding hydrogens is 294 g/mol. The molecule has 0 atom stereocenters. The molecule has 0 saturated heterocycles. The fraction of sp³-hybridized carbons (Fsp3) is 0.143.